The van der Waals surface area contributed by atoms with Gasteiger partial charge < -0.3 is 5.84 Å². The summed E-state index contributed by atoms with van der Waals surface area (Å²) in [5, 5.41) is 5.45. The first kappa shape index (κ1) is 10.3. The number of piperidine rings is 1. The second-order valence-electron chi connectivity index (χ2n) is 4.90. The van der Waals surface area contributed by atoms with Crippen LogP contribution in [0.1, 0.15) is 34.1 Å². The third-order valence-electron chi connectivity index (χ3n) is 3.62. The molecule has 0 aromatic heterocycles. The van der Waals surface area contributed by atoms with Crippen LogP contribution in [0.5, 0.6) is 0 Å². The van der Waals surface area contributed by atoms with Crippen LogP contribution in [-0.2, 0) is 0 Å². The zero-order chi connectivity index (χ0) is 10.3. The number of hydrogen-bond acceptors (Lipinski definition) is 3. The lowest BCUT2D eigenvalue weighted by atomic mass is 9.63. The second-order valence-corrected chi connectivity index (χ2v) is 4.90. The van der Waals surface area contributed by atoms with Crippen LogP contribution < -0.4 is 11.7 Å². The minimum atomic E-state index is -0.0608. The summed E-state index contributed by atoms with van der Waals surface area (Å²) in [5.74, 6) is 12.0. The van der Waals surface area contributed by atoms with Crippen molar-refractivity contribution < 1.29 is 0 Å². The molecule has 1 saturated heterocycles. The summed E-state index contributed by atoms with van der Waals surface area (Å²) in [7, 11) is 0. The van der Waals surface area contributed by atoms with Gasteiger partial charge in [0.2, 0.25) is 0 Å². The predicted molar refractivity (Wildman–Crippen MR) is 54.7 cm³/mol. The predicted octanol–water partition coefficient (Wildman–Crippen LogP) is 0.890. The quantitative estimate of drug-likeness (QED) is 0.434. The normalized spacial score (nSPS) is 29.3. The van der Waals surface area contributed by atoms with Gasteiger partial charge in [-0.1, -0.05) is 27.7 Å². The Morgan fingerprint density at radius 1 is 1.31 bits per heavy atom. The molecule has 0 aromatic rings. The average Bonchev–Trinajstić information content (AvgIpc) is 1.99. The van der Waals surface area contributed by atoms with Gasteiger partial charge in [0.1, 0.15) is 5.84 Å². The molecule has 4 nitrogen and oxygen atoms in total. The van der Waals surface area contributed by atoms with Crippen LogP contribution in [0.2, 0.25) is 0 Å². The molecule has 4 heteroatoms. The SMILES string of the molecule is CC1(C)CCN(N)/C(=N\N)C1(C)C. The molecule has 4 N–H and O–H groups in total. The standard InChI is InChI=1S/C9H20N4/c1-8(2)5-6-13(11)7(12-10)9(8,3)4/h5-6,10-11H2,1-4H3/b12-7-. The van der Waals surface area contributed by atoms with Crippen LogP contribution in [0, 0.1) is 10.8 Å². The van der Waals surface area contributed by atoms with Gasteiger partial charge in [0, 0.05) is 12.0 Å². The van der Waals surface area contributed by atoms with Crippen molar-refractivity contribution in [2.24, 2.45) is 27.6 Å². The molecular formula is C9H20N4. The molecule has 0 amide bonds. The number of hydrogen-bond donors (Lipinski definition) is 2. The summed E-state index contributed by atoms with van der Waals surface area (Å²) in [6, 6.07) is 0. The van der Waals surface area contributed by atoms with Gasteiger partial charge in [-0.3, -0.25) is 5.01 Å². The van der Waals surface area contributed by atoms with Crippen LogP contribution in [0.3, 0.4) is 0 Å². The maximum atomic E-state index is 5.81. The molecule has 76 valence electrons. The molecule has 0 aliphatic carbocycles. The molecule has 1 aliphatic heterocycles. The first-order chi connectivity index (χ1) is 5.83. The van der Waals surface area contributed by atoms with Crippen LogP contribution in [0.4, 0.5) is 0 Å². The van der Waals surface area contributed by atoms with E-state index in [1.807, 2.05) is 0 Å². The van der Waals surface area contributed by atoms with Gasteiger partial charge in [0.25, 0.3) is 0 Å². The highest BCUT2D eigenvalue weighted by molar-refractivity contribution is 5.88. The topological polar surface area (TPSA) is 67.6 Å². The number of amidine groups is 1. The first-order valence-electron chi connectivity index (χ1n) is 4.63. The monoisotopic (exact) mass is 184 g/mol. The van der Waals surface area contributed by atoms with Gasteiger partial charge in [-0.2, -0.15) is 5.10 Å². The maximum absolute atomic E-state index is 5.81. The Balaban J connectivity index is 3.06. The smallest absolute Gasteiger partial charge is 0.144 e. The molecule has 13 heavy (non-hydrogen) atoms. The zero-order valence-electron chi connectivity index (χ0n) is 8.96. The zero-order valence-corrected chi connectivity index (χ0v) is 8.96. The Kier molecular flexibility index (Phi) is 2.28. The van der Waals surface area contributed by atoms with Gasteiger partial charge in [-0.15, -0.1) is 0 Å². The van der Waals surface area contributed by atoms with Crippen molar-refractivity contribution in [3.63, 3.8) is 0 Å². The summed E-state index contributed by atoms with van der Waals surface area (Å²) in [5.41, 5.74) is 0.135. The van der Waals surface area contributed by atoms with E-state index in [1.54, 1.807) is 5.01 Å². The van der Waals surface area contributed by atoms with Gasteiger partial charge in [-0.25, -0.2) is 5.84 Å². The molecule has 0 aromatic carbocycles. The Hall–Kier alpha value is -0.770. The molecular weight excluding hydrogens is 164 g/mol. The number of hydrazine groups is 1. The van der Waals surface area contributed by atoms with Crippen molar-refractivity contribution in [2.45, 2.75) is 34.1 Å². The molecule has 0 atom stereocenters. The van der Waals surface area contributed by atoms with Crippen molar-refractivity contribution in [2.75, 3.05) is 6.54 Å². The maximum Gasteiger partial charge on any atom is 0.144 e. The Bertz CT molecular complexity index is 230. The summed E-state index contributed by atoms with van der Waals surface area (Å²) < 4.78 is 0. The van der Waals surface area contributed by atoms with Gasteiger partial charge in [0.15, 0.2) is 0 Å². The number of nitrogens with two attached hydrogens (primary N) is 2. The summed E-state index contributed by atoms with van der Waals surface area (Å²) in [6.45, 7) is 9.55. The molecule has 1 rings (SSSR count). The third kappa shape index (κ3) is 1.39. The highest BCUT2D eigenvalue weighted by Gasteiger charge is 2.46. The van der Waals surface area contributed by atoms with Crippen molar-refractivity contribution in [3.05, 3.63) is 0 Å². The van der Waals surface area contributed by atoms with Crippen molar-refractivity contribution in [1.82, 2.24) is 5.01 Å². The van der Waals surface area contributed by atoms with Crippen molar-refractivity contribution >= 4 is 5.84 Å². The summed E-state index contributed by atoms with van der Waals surface area (Å²) in [6.07, 6.45) is 1.06. The molecule has 0 bridgehead atoms. The fraction of sp³-hybridized carbons (Fsp3) is 0.889. The Morgan fingerprint density at radius 2 is 1.85 bits per heavy atom. The lowest BCUT2D eigenvalue weighted by Crippen LogP contribution is -2.57. The van der Waals surface area contributed by atoms with Gasteiger partial charge in [0.05, 0.1) is 0 Å². The van der Waals surface area contributed by atoms with E-state index in [9.17, 15) is 0 Å². The second kappa shape index (κ2) is 2.87. The minimum absolute atomic E-state index is 0.0608. The molecule has 0 radical (unpaired) electrons. The highest BCUT2D eigenvalue weighted by atomic mass is 15.5. The molecule has 0 unspecified atom stereocenters. The van der Waals surface area contributed by atoms with Crippen LogP contribution in [0.15, 0.2) is 5.10 Å². The number of rotatable bonds is 0. The molecule has 0 saturated carbocycles. The van der Waals surface area contributed by atoms with Crippen LogP contribution in [0.25, 0.3) is 0 Å². The van der Waals surface area contributed by atoms with E-state index in [0.29, 0.717) is 0 Å². The fourth-order valence-corrected chi connectivity index (χ4v) is 1.72. The van der Waals surface area contributed by atoms with E-state index in [4.69, 9.17) is 11.7 Å². The largest absolute Gasteiger partial charge is 0.322 e. The highest BCUT2D eigenvalue weighted by Crippen LogP contribution is 2.45. The third-order valence-corrected chi connectivity index (χ3v) is 3.62. The van der Waals surface area contributed by atoms with Crippen molar-refractivity contribution in [1.29, 1.82) is 0 Å². The molecule has 1 aliphatic rings. The molecule has 1 fully saturated rings. The molecule has 1 heterocycles. The summed E-state index contributed by atoms with van der Waals surface area (Å²) >= 11 is 0. The average molecular weight is 184 g/mol. The Morgan fingerprint density at radius 3 is 2.23 bits per heavy atom. The van der Waals surface area contributed by atoms with E-state index in [1.165, 1.54) is 0 Å². The molecule has 0 spiro atoms. The van der Waals surface area contributed by atoms with E-state index in [0.717, 1.165) is 18.8 Å². The van der Waals surface area contributed by atoms with E-state index < -0.39 is 0 Å². The fourth-order valence-electron chi connectivity index (χ4n) is 1.72. The lowest BCUT2D eigenvalue weighted by molar-refractivity contribution is 0.105. The van der Waals surface area contributed by atoms with Gasteiger partial charge >= 0.3 is 0 Å². The van der Waals surface area contributed by atoms with Gasteiger partial charge in [-0.05, 0) is 11.8 Å². The van der Waals surface area contributed by atoms with Crippen molar-refractivity contribution in [3.8, 4) is 0 Å². The number of hydrazone groups is 1. The van der Waals surface area contributed by atoms with E-state index in [2.05, 4.69) is 32.8 Å². The van der Waals surface area contributed by atoms with E-state index >= 15 is 0 Å². The summed E-state index contributed by atoms with van der Waals surface area (Å²) in [4.78, 5) is 0. The lowest BCUT2D eigenvalue weighted by Gasteiger charge is -2.49. The Labute approximate surface area is 79.9 Å². The first-order valence-corrected chi connectivity index (χ1v) is 4.63. The number of nitrogens with zero attached hydrogens (tertiary/aromatic N) is 2. The minimum Gasteiger partial charge on any atom is -0.322 e. The van der Waals surface area contributed by atoms with Crippen LogP contribution >= 0.6 is 0 Å². The van der Waals surface area contributed by atoms with Crippen LogP contribution in [-0.4, -0.2) is 17.4 Å². The van der Waals surface area contributed by atoms with E-state index in [-0.39, 0.29) is 10.8 Å².